The Morgan fingerprint density at radius 2 is 2.29 bits per heavy atom. The van der Waals surface area contributed by atoms with Gasteiger partial charge in [-0.05, 0) is 24.6 Å². The minimum Gasteiger partial charge on any atom is -0.493 e. The van der Waals surface area contributed by atoms with Crippen molar-refractivity contribution in [3.63, 3.8) is 0 Å². The van der Waals surface area contributed by atoms with Gasteiger partial charge in [-0.2, -0.15) is 0 Å². The standard InChI is InChI=1S/C10H12FNO2/c11-6-1-2-9-7(5-6)10(13)8(12)3-4-14-9/h1-2,5,8,10,13H,3-4,12H2/t8-,10+/m0/s1. The van der Waals surface area contributed by atoms with Crippen molar-refractivity contribution < 1.29 is 14.2 Å². The van der Waals surface area contributed by atoms with Crippen LogP contribution in [0.3, 0.4) is 0 Å². The number of fused-ring (bicyclic) bond motifs is 1. The highest BCUT2D eigenvalue weighted by Crippen LogP contribution is 2.31. The molecule has 1 aliphatic rings. The van der Waals surface area contributed by atoms with Gasteiger partial charge < -0.3 is 15.6 Å². The molecule has 1 aliphatic heterocycles. The Balaban J connectivity index is 2.44. The van der Waals surface area contributed by atoms with Crippen molar-refractivity contribution in [3.8, 4) is 5.75 Å². The number of nitrogens with two attached hydrogens (primary N) is 1. The van der Waals surface area contributed by atoms with Gasteiger partial charge in [-0.1, -0.05) is 0 Å². The molecule has 0 bridgehead atoms. The monoisotopic (exact) mass is 197 g/mol. The van der Waals surface area contributed by atoms with Gasteiger partial charge in [0.2, 0.25) is 0 Å². The van der Waals surface area contributed by atoms with Crippen molar-refractivity contribution in [1.29, 1.82) is 0 Å². The summed E-state index contributed by atoms with van der Waals surface area (Å²) in [5.41, 5.74) is 6.13. The molecule has 0 unspecified atom stereocenters. The van der Waals surface area contributed by atoms with Crippen molar-refractivity contribution >= 4 is 0 Å². The lowest BCUT2D eigenvalue weighted by atomic mass is 10.0. The number of hydrogen-bond donors (Lipinski definition) is 2. The van der Waals surface area contributed by atoms with Crippen LogP contribution in [0.15, 0.2) is 18.2 Å². The first-order valence-corrected chi connectivity index (χ1v) is 4.54. The Kier molecular flexibility index (Phi) is 2.39. The van der Waals surface area contributed by atoms with Gasteiger partial charge >= 0.3 is 0 Å². The van der Waals surface area contributed by atoms with Crippen LogP contribution in [0, 0.1) is 5.82 Å². The van der Waals surface area contributed by atoms with Gasteiger partial charge in [0.1, 0.15) is 11.6 Å². The number of halogens is 1. The molecule has 3 N–H and O–H groups in total. The number of ether oxygens (including phenoxy) is 1. The Hall–Kier alpha value is -1.13. The molecule has 14 heavy (non-hydrogen) atoms. The van der Waals surface area contributed by atoms with E-state index in [1.807, 2.05) is 0 Å². The highest BCUT2D eigenvalue weighted by Gasteiger charge is 2.24. The van der Waals surface area contributed by atoms with E-state index in [1.165, 1.54) is 18.2 Å². The molecular weight excluding hydrogens is 185 g/mol. The predicted molar refractivity (Wildman–Crippen MR) is 49.4 cm³/mol. The van der Waals surface area contributed by atoms with E-state index in [-0.39, 0.29) is 5.82 Å². The summed E-state index contributed by atoms with van der Waals surface area (Å²) in [4.78, 5) is 0. The Morgan fingerprint density at radius 1 is 1.50 bits per heavy atom. The van der Waals surface area contributed by atoms with Crippen LogP contribution in [0.2, 0.25) is 0 Å². The minimum absolute atomic E-state index is 0.388. The van der Waals surface area contributed by atoms with Gasteiger partial charge in [0.25, 0.3) is 0 Å². The molecule has 2 rings (SSSR count). The lowest BCUT2D eigenvalue weighted by Crippen LogP contribution is -2.28. The van der Waals surface area contributed by atoms with E-state index in [0.29, 0.717) is 24.3 Å². The summed E-state index contributed by atoms with van der Waals surface area (Å²) in [6, 6.07) is 3.71. The molecule has 0 amide bonds. The molecule has 1 heterocycles. The summed E-state index contributed by atoms with van der Waals surface area (Å²) >= 11 is 0. The molecule has 0 radical (unpaired) electrons. The largest absolute Gasteiger partial charge is 0.493 e. The average molecular weight is 197 g/mol. The van der Waals surface area contributed by atoms with Gasteiger partial charge in [-0.25, -0.2) is 4.39 Å². The predicted octanol–water partition coefficient (Wildman–Crippen LogP) is 0.969. The number of aliphatic hydroxyl groups excluding tert-OH is 1. The van der Waals surface area contributed by atoms with Crippen LogP contribution in [0.4, 0.5) is 4.39 Å². The van der Waals surface area contributed by atoms with Crippen molar-refractivity contribution in [3.05, 3.63) is 29.6 Å². The first-order valence-electron chi connectivity index (χ1n) is 4.54. The maximum atomic E-state index is 12.9. The van der Waals surface area contributed by atoms with Gasteiger partial charge in [-0.3, -0.25) is 0 Å². The third kappa shape index (κ3) is 1.58. The first-order chi connectivity index (χ1) is 6.68. The molecule has 0 aliphatic carbocycles. The molecule has 1 aromatic carbocycles. The highest BCUT2D eigenvalue weighted by molar-refractivity contribution is 5.37. The van der Waals surface area contributed by atoms with Crippen molar-refractivity contribution in [2.24, 2.45) is 5.73 Å². The second-order valence-electron chi connectivity index (χ2n) is 3.43. The highest BCUT2D eigenvalue weighted by atomic mass is 19.1. The third-order valence-electron chi connectivity index (χ3n) is 2.40. The minimum atomic E-state index is -0.844. The summed E-state index contributed by atoms with van der Waals surface area (Å²) in [5, 5.41) is 9.76. The van der Waals surface area contributed by atoms with E-state index in [4.69, 9.17) is 10.5 Å². The van der Waals surface area contributed by atoms with Crippen molar-refractivity contribution in [2.45, 2.75) is 18.6 Å². The van der Waals surface area contributed by atoms with Crippen LogP contribution in [-0.4, -0.2) is 17.8 Å². The fourth-order valence-corrected chi connectivity index (χ4v) is 1.58. The molecular formula is C10H12FNO2. The van der Waals surface area contributed by atoms with Gasteiger partial charge in [0.15, 0.2) is 0 Å². The van der Waals surface area contributed by atoms with Gasteiger partial charge in [-0.15, -0.1) is 0 Å². The molecule has 0 spiro atoms. The molecule has 0 fully saturated rings. The summed E-state index contributed by atoms with van der Waals surface area (Å²) in [6.07, 6.45) is -0.277. The maximum absolute atomic E-state index is 12.9. The van der Waals surface area contributed by atoms with Gasteiger partial charge in [0, 0.05) is 11.6 Å². The van der Waals surface area contributed by atoms with E-state index in [1.54, 1.807) is 0 Å². The number of hydrogen-bond acceptors (Lipinski definition) is 3. The maximum Gasteiger partial charge on any atom is 0.125 e. The van der Waals surface area contributed by atoms with E-state index >= 15 is 0 Å². The molecule has 4 heteroatoms. The molecule has 0 saturated heterocycles. The fourth-order valence-electron chi connectivity index (χ4n) is 1.58. The quantitative estimate of drug-likeness (QED) is 0.651. The summed E-state index contributed by atoms with van der Waals surface area (Å²) in [5.74, 6) is 0.132. The Labute approximate surface area is 81.3 Å². The molecule has 0 aromatic heterocycles. The molecule has 3 nitrogen and oxygen atoms in total. The molecule has 76 valence electrons. The van der Waals surface area contributed by atoms with Crippen LogP contribution >= 0.6 is 0 Å². The number of benzene rings is 1. The smallest absolute Gasteiger partial charge is 0.125 e. The molecule has 2 atom stereocenters. The van der Waals surface area contributed by atoms with Crippen LogP contribution in [-0.2, 0) is 0 Å². The number of aliphatic hydroxyl groups is 1. The van der Waals surface area contributed by atoms with E-state index in [9.17, 15) is 9.50 Å². The van der Waals surface area contributed by atoms with E-state index in [2.05, 4.69) is 0 Å². The zero-order valence-electron chi connectivity index (χ0n) is 7.61. The van der Waals surface area contributed by atoms with E-state index < -0.39 is 12.1 Å². The van der Waals surface area contributed by atoms with Crippen LogP contribution in [0.1, 0.15) is 18.1 Å². The summed E-state index contributed by atoms with van der Waals surface area (Å²) < 4.78 is 18.3. The Morgan fingerprint density at radius 3 is 3.07 bits per heavy atom. The van der Waals surface area contributed by atoms with Crippen LogP contribution in [0.25, 0.3) is 0 Å². The van der Waals surface area contributed by atoms with Crippen LogP contribution in [0.5, 0.6) is 5.75 Å². The zero-order valence-corrected chi connectivity index (χ0v) is 7.61. The topological polar surface area (TPSA) is 55.5 Å². The van der Waals surface area contributed by atoms with E-state index in [0.717, 1.165) is 0 Å². The van der Waals surface area contributed by atoms with Crippen molar-refractivity contribution in [1.82, 2.24) is 0 Å². The average Bonchev–Trinajstić information content (AvgIpc) is 2.30. The normalized spacial score (nSPS) is 26.2. The summed E-state index contributed by atoms with van der Waals surface area (Å²) in [6.45, 7) is 0.455. The third-order valence-corrected chi connectivity index (χ3v) is 2.40. The van der Waals surface area contributed by atoms with Gasteiger partial charge in [0.05, 0.1) is 12.7 Å². The zero-order chi connectivity index (χ0) is 10.1. The SMILES string of the molecule is N[C@H]1CCOc2ccc(F)cc2[C@H]1O. The molecule has 0 saturated carbocycles. The van der Waals surface area contributed by atoms with Crippen LogP contribution < -0.4 is 10.5 Å². The number of rotatable bonds is 0. The fraction of sp³-hybridized carbons (Fsp3) is 0.400. The molecule has 1 aromatic rings. The lowest BCUT2D eigenvalue weighted by Gasteiger charge is -2.15. The first kappa shape index (κ1) is 9.43. The summed E-state index contributed by atoms with van der Waals surface area (Å²) in [7, 11) is 0. The second-order valence-corrected chi connectivity index (χ2v) is 3.43. The Bertz CT molecular complexity index is 343. The van der Waals surface area contributed by atoms with Crippen molar-refractivity contribution in [2.75, 3.05) is 6.61 Å². The second kappa shape index (κ2) is 3.55. The lowest BCUT2D eigenvalue weighted by molar-refractivity contribution is 0.144.